The molecule has 106 valence electrons. The smallest absolute Gasteiger partial charge is 0.148 e. The van der Waals surface area contributed by atoms with Crippen LogP contribution in [0, 0.1) is 23.0 Å². The minimum absolute atomic E-state index is 0. The zero-order chi connectivity index (χ0) is 13.7. The number of benzene rings is 1. The molecule has 0 amide bonds. The van der Waals surface area contributed by atoms with Gasteiger partial charge in [0, 0.05) is 24.7 Å². The van der Waals surface area contributed by atoms with Crippen LogP contribution in [0.5, 0.6) is 0 Å². The summed E-state index contributed by atoms with van der Waals surface area (Å²) in [5.41, 5.74) is 5.27. The summed E-state index contributed by atoms with van der Waals surface area (Å²) in [7, 11) is 0. The van der Waals surface area contributed by atoms with Gasteiger partial charge in [0.2, 0.25) is 0 Å². The number of likely N-dealkylation sites (N-methyl/N-ethyl adjacent to an activating group) is 1. The molecule has 1 unspecified atom stereocenters. The van der Waals surface area contributed by atoms with E-state index >= 15 is 0 Å². The molecule has 0 aliphatic carbocycles. The van der Waals surface area contributed by atoms with Crippen LogP contribution in [0.1, 0.15) is 31.0 Å². The first-order valence-corrected chi connectivity index (χ1v) is 5.88. The average Bonchev–Trinajstić information content (AvgIpc) is 2.36. The van der Waals surface area contributed by atoms with Crippen LogP contribution in [0.25, 0.3) is 0 Å². The normalized spacial score (nSPS) is 11.8. The van der Waals surface area contributed by atoms with E-state index in [0.29, 0.717) is 19.6 Å². The van der Waals surface area contributed by atoms with Gasteiger partial charge in [0.05, 0.1) is 5.56 Å². The summed E-state index contributed by atoms with van der Waals surface area (Å²) >= 11 is 0. The van der Waals surface area contributed by atoms with E-state index in [1.54, 1.807) is 13.0 Å². The highest BCUT2D eigenvalue weighted by atomic mass is 35.5. The Labute approximate surface area is 118 Å². The summed E-state index contributed by atoms with van der Waals surface area (Å²) in [5.74, 6) is -1.41. The Balaban J connectivity index is 0.00000324. The van der Waals surface area contributed by atoms with Gasteiger partial charge in [-0.3, -0.25) is 4.90 Å². The van der Waals surface area contributed by atoms with E-state index in [1.165, 1.54) is 0 Å². The summed E-state index contributed by atoms with van der Waals surface area (Å²) in [6, 6.07) is 3.55. The van der Waals surface area contributed by atoms with Crippen LogP contribution >= 0.6 is 12.4 Å². The van der Waals surface area contributed by atoms with E-state index in [0.717, 1.165) is 12.1 Å². The van der Waals surface area contributed by atoms with E-state index in [1.807, 2.05) is 11.8 Å². The van der Waals surface area contributed by atoms with Crippen molar-refractivity contribution >= 4 is 12.4 Å². The molecule has 1 atom stereocenters. The summed E-state index contributed by atoms with van der Waals surface area (Å²) in [4.78, 5) is 1.86. The Hall–Kier alpha value is -1.22. The Morgan fingerprint density at radius 1 is 1.42 bits per heavy atom. The molecule has 1 rings (SSSR count). The fourth-order valence-electron chi connectivity index (χ4n) is 2.01. The van der Waals surface area contributed by atoms with Gasteiger partial charge in [-0.1, -0.05) is 6.92 Å². The minimum atomic E-state index is -0.777. The maximum absolute atomic E-state index is 14.0. The highest BCUT2D eigenvalue weighted by molar-refractivity contribution is 5.85. The molecule has 0 fully saturated rings. The third-order valence-corrected chi connectivity index (χ3v) is 3.04. The fourth-order valence-corrected chi connectivity index (χ4v) is 2.01. The van der Waals surface area contributed by atoms with Crippen molar-refractivity contribution in [2.75, 3.05) is 19.6 Å². The van der Waals surface area contributed by atoms with Crippen molar-refractivity contribution < 1.29 is 8.78 Å². The molecule has 0 heterocycles. The van der Waals surface area contributed by atoms with E-state index in [-0.39, 0.29) is 23.5 Å². The number of nitrogens with two attached hydrogens (primary N) is 1. The first-order valence-electron chi connectivity index (χ1n) is 5.88. The van der Waals surface area contributed by atoms with Crippen LogP contribution in [0.15, 0.2) is 12.1 Å². The number of hydrogen-bond donors (Lipinski definition) is 1. The van der Waals surface area contributed by atoms with Crippen molar-refractivity contribution in [3.8, 4) is 6.07 Å². The van der Waals surface area contributed by atoms with Gasteiger partial charge >= 0.3 is 0 Å². The van der Waals surface area contributed by atoms with Crippen LogP contribution in [0.4, 0.5) is 8.78 Å². The molecule has 3 nitrogen and oxygen atoms in total. The molecule has 6 heteroatoms. The van der Waals surface area contributed by atoms with Gasteiger partial charge in [0.25, 0.3) is 0 Å². The van der Waals surface area contributed by atoms with Crippen molar-refractivity contribution in [2.24, 2.45) is 5.73 Å². The number of nitriles is 1. The highest BCUT2D eigenvalue weighted by Crippen LogP contribution is 2.27. The predicted molar refractivity (Wildman–Crippen MR) is 73.0 cm³/mol. The average molecular weight is 290 g/mol. The first kappa shape index (κ1) is 17.8. The van der Waals surface area contributed by atoms with Gasteiger partial charge in [-0.25, -0.2) is 8.78 Å². The van der Waals surface area contributed by atoms with Gasteiger partial charge in [-0.05, 0) is 25.6 Å². The van der Waals surface area contributed by atoms with Crippen molar-refractivity contribution in [2.45, 2.75) is 19.9 Å². The maximum Gasteiger partial charge on any atom is 0.148 e. The van der Waals surface area contributed by atoms with Crippen molar-refractivity contribution in [1.29, 1.82) is 5.26 Å². The predicted octanol–water partition coefficient (Wildman–Crippen LogP) is 2.60. The monoisotopic (exact) mass is 289 g/mol. The standard InChI is InChI=1S/C13H17F2N3.ClH/c1-3-18(7-6-16)9(2)12-11(14)5-4-10(8-17)13(12)15;/h4-5,9H,3,6-7,16H2,1-2H3;1H. The van der Waals surface area contributed by atoms with Crippen LogP contribution in [0.2, 0.25) is 0 Å². The van der Waals surface area contributed by atoms with E-state index < -0.39 is 17.7 Å². The summed E-state index contributed by atoms with van der Waals surface area (Å²) < 4.78 is 27.7. The van der Waals surface area contributed by atoms with Crippen molar-refractivity contribution in [1.82, 2.24) is 4.90 Å². The molecule has 0 bridgehead atoms. The molecule has 1 aromatic rings. The topological polar surface area (TPSA) is 53.0 Å². The largest absolute Gasteiger partial charge is 0.329 e. The molecule has 0 aliphatic heterocycles. The molecule has 0 spiro atoms. The molecular weight excluding hydrogens is 272 g/mol. The summed E-state index contributed by atoms with van der Waals surface area (Å²) in [5, 5.41) is 8.77. The van der Waals surface area contributed by atoms with Gasteiger partial charge in [0.1, 0.15) is 17.7 Å². The minimum Gasteiger partial charge on any atom is -0.329 e. The molecule has 19 heavy (non-hydrogen) atoms. The zero-order valence-corrected chi connectivity index (χ0v) is 11.8. The van der Waals surface area contributed by atoms with Gasteiger partial charge < -0.3 is 5.73 Å². The number of rotatable bonds is 5. The third-order valence-electron chi connectivity index (χ3n) is 3.04. The van der Waals surface area contributed by atoms with E-state index in [4.69, 9.17) is 11.0 Å². The Kier molecular flexibility index (Phi) is 7.53. The molecular formula is C13H18ClF2N3. The lowest BCUT2D eigenvalue weighted by molar-refractivity contribution is 0.219. The van der Waals surface area contributed by atoms with Crippen LogP contribution in [0.3, 0.4) is 0 Å². The first-order chi connectivity index (χ1) is 8.56. The Morgan fingerprint density at radius 2 is 2.05 bits per heavy atom. The number of nitrogens with zero attached hydrogens (tertiary/aromatic N) is 2. The third kappa shape index (κ3) is 3.87. The lowest BCUT2D eigenvalue weighted by Gasteiger charge is -2.28. The lowest BCUT2D eigenvalue weighted by atomic mass is 10.0. The second-order valence-corrected chi connectivity index (χ2v) is 4.03. The number of halogens is 3. The summed E-state index contributed by atoms with van der Waals surface area (Å²) in [6.07, 6.45) is 0. The fraction of sp³-hybridized carbons (Fsp3) is 0.462. The van der Waals surface area contributed by atoms with Crippen molar-refractivity contribution in [3.63, 3.8) is 0 Å². The molecule has 0 saturated heterocycles. The number of hydrogen-bond acceptors (Lipinski definition) is 3. The molecule has 0 radical (unpaired) electrons. The zero-order valence-electron chi connectivity index (χ0n) is 11.0. The van der Waals surface area contributed by atoms with Crippen LogP contribution < -0.4 is 5.73 Å². The van der Waals surface area contributed by atoms with Crippen molar-refractivity contribution in [3.05, 3.63) is 34.9 Å². The molecule has 0 saturated carbocycles. The highest BCUT2D eigenvalue weighted by Gasteiger charge is 2.23. The van der Waals surface area contributed by atoms with E-state index in [2.05, 4.69) is 0 Å². The quantitative estimate of drug-likeness (QED) is 0.906. The van der Waals surface area contributed by atoms with Gasteiger partial charge in [-0.15, -0.1) is 12.4 Å². The maximum atomic E-state index is 14.0. The summed E-state index contributed by atoms with van der Waals surface area (Å²) in [6.45, 7) is 5.21. The molecule has 1 aromatic carbocycles. The Morgan fingerprint density at radius 3 is 2.53 bits per heavy atom. The molecule has 0 aromatic heterocycles. The molecule has 0 aliphatic rings. The second kappa shape index (κ2) is 8.05. The lowest BCUT2D eigenvalue weighted by Crippen LogP contribution is -2.33. The second-order valence-electron chi connectivity index (χ2n) is 4.03. The van der Waals surface area contributed by atoms with Crippen LogP contribution in [-0.2, 0) is 0 Å². The van der Waals surface area contributed by atoms with Gasteiger partial charge in [-0.2, -0.15) is 5.26 Å². The van der Waals surface area contributed by atoms with Crippen LogP contribution in [-0.4, -0.2) is 24.5 Å². The van der Waals surface area contributed by atoms with Gasteiger partial charge in [0.15, 0.2) is 0 Å². The van der Waals surface area contributed by atoms with E-state index in [9.17, 15) is 8.78 Å². The SMILES string of the molecule is CCN(CCN)C(C)c1c(F)ccc(C#N)c1F.Cl. The Bertz CT molecular complexity index is 460. The molecule has 2 N–H and O–H groups in total.